The number of hydrogen-bond donors (Lipinski definition) is 1. The van der Waals surface area contributed by atoms with Crippen LogP contribution < -0.4 is 5.73 Å². The number of nitrogens with two attached hydrogens (primary N) is 1. The van der Waals surface area contributed by atoms with Gasteiger partial charge in [-0.3, -0.25) is 0 Å². The highest BCUT2D eigenvalue weighted by molar-refractivity contribution is 7.98. The summed E-state index contributed by atoms with van der Waals surface area (Å²) in [6, 6.07) is 9.80. The molecule has 0 atom stereocenters. The number of para-hydroxylation sites is 2. The SMILES string of the molecule is NCC#Cc1ccsc1CSc1nc2ccccc2o1. The topological polar surface area (TPSA) is 52.0 Å². The Hall–Kier alpha value is -1.74. The number of thioether (sulfide) groups is 1. The van der Waals surface area contributed by atoms with E-state index in [-0.39, 0.29) is 0 Å². The largest absolute Gasteiger partial charge is 0.431 e. The molecule has 2 heterocycles. The summed E-state index contributed by atoms with van der Waals surface area (Å²) >= 11 is 3.28. The van der Waals surface area contributed by atoms with Crippen molar-refractivity contribution in [1.29, 1.82) is 0 Å². The molecule has 0 amide bonds. The van der Waals surface area contributed by atoms with E-state index in [9.17, 15) is 0 Å². The predicted molar refractivity (Wildman–Crippen MR) is 83.8 cm³/mol. The molecule has 1 aromatic carbocycles. The fraction of sp³-hybridized carbons (Fsp3) is 0.133. The lowest BCUT2D eigenvalue weighted by atomic mass is 10.3. The number of aromatic nitrogens is 1. The van der Waals surface area contributed by atoms with E-state index in [1.165, 1.54) is 4.88 Å². The van der Waals surface area contributed by atoms with Gasteiger partial charge in [0.25, 0.3) is 5.22 Å². The van der Waals surface area contributed by atoms with Crippen LogP contribution in [0.3, 0.4) is 0 Å². The molecule has 0 bridgehead atoms. The molecule has 0 saturated heterocycles. The summed E-state index contributed by atoms with van der Waals surface area (Å²) in [5, 5.41) is 2.74. The number of nitrogens with zero attached hydrogens (tertiary/aromatic N) is 1. The van der Waals surface area contributed by atoms with Gasteiger partial charge >= 0.3 is 0 Å². The normalized spacial score (nSPS) is 10.4. The van der Waals surface area contributed by atoms with Crippen LogP contribution in [0.4, 0.5) is 0 Å². The number of fused-ring (bicyclic) bond motifs is 1. The Morgan fingerprint density at radius 1 is 1.30 bits per heavy atom. The molecule has 0 aliphatic rings. The van der Waals surface area contributed by atoms with Crippen LogP contribution in [0.2, 0.25) is 0 Å². The molecule has 20 heavy (non-hydrogen) atoms. The molecular weight excluding hydrogens is 288 g/mol. The monoisotopic (exact) mass is 300 g/mol. The van der Waals surface area contributed by atoms with Crippen molar-refractivity contribution in [2.45, 2.75) is 11.0 Å². The van der Waals surface area contributed by atoms with Crippen LogP contribution >= 0.6 is 23.1 Å². The van der Waals surface area contributed by atoms with Gasteiger partial charge in [0, 0.05) is 16.2 Å². The second-order valence-corrected chi connectivity index (χ2v) is 5.93. The molecule has 5 heteroatoms. The van der Waals surface area contributed by atoms with Gasteiger partial charge in [0.05, 0.1) is 6.54 Å². The molecular formula is C15H12N2OS2. The van der Waals surface area contributed by atoms with Crippen LogP contribution in [0.5, 0.6) is 0 Å². The molecule has 0 radical (unpaired) electrons. The lowest BCUT2D eigenvalue weighted by Crippen LogP contribution is -1.93. The summed E-state index contributed by atoms with van der Waals surface area (Å²) in [5.74, 6) is 6.78. The summed E-state index contributed by atoms with van der Waals surface area (Å²) in [7, 11) is 0. The zero-order valence-corrected chi connectivity index (χ0v) is 12.3. The van der Waals surface area contributed by atoms with Crippen LogP contribution in [0, 0.1) is 11.8 Å². The number of rotatable bonds is 3. The summed E-state index contributed by atoms with van der Waals surface area (Å²) in [4.78, 5) is 5.67. The maximum absolute atomic E-state index is 5.69. The Kier molecular flexibility index (Phi) is 4.07. The third-order valence-electron chi connectivity index (χ3n) is 2.67. The lowest BCUT2D eigenvalue weighted by Gasteiger charge is -1.95. The second kappa shape index (κ2) is 6.14. The highest BCUT2D eigenvalue weighted by atomic mass is 32.2. The molecule has 2 aromatic heterocycles. The van der Waals surface area contributed by atoms with E-state index >= 15 is 0 Å². The van der Waals surface area contributed by atoms with Crippen molar-refractivity contribution >= 4 is 34.2 Å². The molecule has 0 aliphatic heterocycles. The lowest BCUT2D eigenvalue weighted by molar-refractivity contribution is 0.489. The molecule has 3 aromatic rings. The van der Waals surface area contributed by atoms with Crippen molar-refractivity contribution in [3.63, 3.8) is 0 Å². The molecule has 0 saturated carbocycles. The first-order valence-electron chi connectivity index (χ1n) is 6.10. The Balaban J connectivity index is 1.74. The van der Waals surface area contributed by atoms with E-state index in [0.29, 0.717) is 11.8 Å². The third kappa shape index (κ3) is 2.88. The maximum Gasteiger partial charge on any atom is 0.257 e. The van der Waals surface area contributed by atoms with Gasteiger partial charge in [-0.15, -0.1) is 11.3 Å². The number of benzene rings is 1. The Morgan fingerprint density at radius 2 is 2.20 bits per heavy atom. The summed E-state index contributed by atoms with van der Waals surface area (Å²) in [5.41, 5.74) is 8.16. The van der Waals surface area contributed by atoms with Gasteiger partial charge < -0.3 is 10.2 Å². The van der Waals surface area contributed by atoms with Crippen LogP contribution in [0.15, 0.2) is 45.4 Å². The molecule has 0 unspecified atom stereocenters. The minimum Gasteiger partial charge on any atom is -0.431 e. The van der Waals surface area contributed by atoms with Crippen molar-refractivity contribution in [1.82, 2.24) is 4.98 Å². The summed E-state index contributed by atoms with van der Waals surface area (Å²) in [6.07, 6.45) is 0. The Bertz CT molecular complexity index is 747. The van der Waals surface area contributed by atoms with Gasteiger partial charge in [-0.2, -0.15) is 0 Å². The van der Waals surface area contributed by atoms with E-state index in [1.54, 1.807) is 23.1 Å². The van der Waals surface area contributed by atoms with E-state index in [4.69, 9.17) is 10.2 Å². The summed E-state index contributed by atoms with van der Waals surface area (Å²) < 4.78 is 5.69. The summed E-state index contributed by atoms with van der Waals surface area (Å²) in [6.45, 7) is 0.382. The van der Waals surface area contributed by atoms with Crippen LogP contribution in [-0.2, 0) is 5.75 Å². The van der Waals surface area contributed by atoms with Gasteiger partial charge in [-0.25, -0.2) is 4.98 Å². The first kappa shape index (κ1) is 13.3. The quantitative estimate of drug-likeness (QED) is 0.594. The second-order valence-electron chi connectivity index (χ2n) is 4.00. The first-order valence-corrected chi connectivity index (χ1v) is 7.97. The van der Waals surface area contributed by atoms with E-state index < -0.39 is 0 Å². The average Bonchev–Trinajstić information content (AvgIpc) is 3.08. The molecule has 0 fully saturated rings. The van der Waals surface area contributed by atoms with Gasteiger partial charge in [-0.05, 0) is 23.6 Å². The predicted octanol–water partition coefficient (Wildman–Crippen LogP) is 3.49. The Morgan fingerprint density at radius 3 is 3.05 bits per heavy atom. The zero-order valence-electron chi connectivity index (χ0n) is 10.6. The van der Waals surface area contributed by atoms with Gasteiger partial charge in [0.1, 0.15) is 5.52 Å². The molecule has 3 rings (SSSR count). The zero-order chi connectivity index (χ0) is 13.8. The van der Waals surface area contributed by atoms with Crippen molar-refractivity contribution < 1.29 is 4.42 Å². The van der Waals surface area contributed by atoms with Crippen molar-refractivity contribution in [2.75, 3.05) is 6.54 Å². The molecule has 0 spiro atoms. The standard InChI is InChI=1S/C15H12N2OS2/c16-8-3-4-11-7-9-19-14(11)10-20-15-17-12-5-1-2-6-13(12)18-15/h1-2,5-7,9H,8,10,16H2. The van der Waals surface area contributed by atoms with Crippen LogP contribution in [0.1, 0.15) is 10.4 Å². The van der Waals surface area contributed by atoms with Crippen LogP contribution in [0.25, 0.3) is 11.1 Å². The third-order valence-corrected chi connectivity index (χ3v) is 4.63. The minimum atomic E-state index is 0.382. The molecule has 2 N–H and O–H groups in total. The number of thiophene rings is 1. The molecule has 0 aliphatic carbocycles. The highest BCUT2D eigenvalue weighted by Gasteiger charge is 2.08. The smallest absolute Gasteiger partial charge is 0.257 e. The van der Waals surface area contributed by atoms with E-state index in [0.717, 1.165) is 22.4 Å². The van der Waals surface area contributed by atoms with E-state index in [1.807, 2.05) is 35.7 Å². The fourth-order valence-corrected chi connectivity index (χ4v) is 3.54. The number of oxazole rings is 1. The van der Waals surface area contributed by atoms with Gasteiger partial charge in [0.15, 0.2) is 5.58 Å². The van der Waals surface area contributed by atoms with Crippen molar-refractivity contribution in [3.8, 4) is 11.8 Å². The van der Waals surface area contributed by atoms with Gasteiger partial charge in [-0.1, -0.05) is 35.7 Å². The number of hydrogen-bond acceptors (Lipinski definition) is 5. The Labute approximate surface area is 125 Å². The average molecular weight is 300 g/mol. The highest BCUT2D eigenvalue weighted by Crippen LogP contribution is 2.29. The first-order chi connectivity index (χ1) is 9.86. The van der Waals surface area contributed by atoms with E-state index in [2.05, 4.69) is 16.8 Å². The van der Waals surface area contributed by atoms with Crippen molar-refractivity contribution in [2.24, 2.45) is 5.73 Å². The molecule has 100 valence electrons. The minimum absolute atomic E-state index is 0.382. The fourth-order valence-electron chi connectivity index (χ4n) is 1.75. The van der Waals surface area contributed by atoms with Gasteiger partial charge in [0.2, 0.25) is 0 Å². The molecule has 3 nitrogen and oxygen atoms in total. The van der Waals surface area contributed by atoms with Crippen molar-refractivity contribution in [3.05, 3.63) is 46.2 Å². The van der Waals surface area contributed by atoms with Crippen LogP contribution in [-0.4, -0.2) is 11.5 Å². The maximum atomic E-state index is 5.69.